The molecule has 0 fully saturated rings. The van der Waals surface area contributed by atoms with E-state index in [-0.39, 0.29) is 18.6 Å². The third kappa shape index (κ3) is 4.56. The molecule has 0 saturated heterocycles. The van der Waals surface area contributed by atoms with Crippen LogP contribution in [0, 0.1) is 6.92 Å². The first-order valence-corrected chi connectivity index (χ1v) is 10.2. The predicted octanol–water partition coefficient (Wildman–Crippen LogP) is 3.91. The van der Waals surface area contributed by atoms with Gasteiger partial charge < -0.3 is 10.1 Å². The van der Waals surface area contributed by atoms with E-state index in [0.717, 1.165) is 23.4 Å². The van der Waals surface area contributed by atoms with Gasteiger partial charge in [0.25, 0.3) is 5.91 Å². The molecule has 1 aliphatic heterocycles. The molecule has 2 aliphatic rings. The van der Waals surface area contributed by atoms with Crippen molar-refractivity contribution in [2.45, 2.75) is 26.3 Å². The van der Waals surface area contributed by atoms with Gasteiger partial charge in [-0.15, -0.1) is 0 Å². The Labute approximate surface area is 180 Å². The van der Waals surface area contributed by atoms with Gasteiger partial charge in [-0.3, -0.25) is 4.79 Å². The monoisotopic (exact) mass is 422 g/mol. The fourth-order valence-corrected chi connectivity index (χ4v) is 3.35. The molecule has 1 aliphatic carbocycles. The van der Waals surface area contributed by atoms with Gasteiger partial charge in [0, 0.05) is 10.7 Å². The smallest absolute Gasteiger partial charge is 0.262 e. The third-order valence-corrected chi connectivity index (χ3v) is 5.37. The lowest BCUT2D eigenvalue weighted by atomic mass is 10.1. The van der Waals surface area contributed by atoms with Crippen molar-refractivity contribution < 1.29 is 9.53 Å². The number of hydrazine groups is 1. The van der Waals surface area contributed by atoms with Gasteiger partial charge in [0.05, 0.1) is 17.4 Å². The average Bonchev–Trinajstić information content (AvgIpc) is 3.18. The second-order valence-electron chi connectivity index (χ2n) is 7.17. The van der Waals surface area contributed by atoms with Crippen molar-refractivity contribution in [2.24, 2.45) is 5.10 Å². The minimum atomic E-state index is -0.217. The van der Waals surface area contributed by atoms with Gasteiger partial charge >= 0.3 is 0 Å². The van der Waals surface area contributed by atoms with Crippen molar-refractivity contribution in [1.29, 1.82) is 0 Å². The number of nitrogens with zero attached hydrogens (tertiary/aromatic N) is 2. The second kappa shape index (κ2) is 8.73. The highest BCUT2D eigenvalue weighted by molar-refractivity contribution is 6.31. The van der Waals surface area contributed by atoms with E-state index in [1.807, 2.05) is 67.6 Å². The molecule has 1 atom stereocenters. The molecular formula is C23H23ClN4O2. The zero-order valence-electron chi connectivity index (χ0n) is 16.9. The number of aryl methyl sites for hydroxylation is 2. The summed E-state index contributed by atoms with van der Waals surface area (Å²) in [5.41, 5.74) is 7.94. The van der Waals surface area contributed by atoms with Crippen molar-refractivity contribution in [2.75, 3.05) is 11.7 Å². The lowest BCUT2D eigenvalue weighted by molar-refractivity contribution is -0.122. The molecule has 2 aromatic carbocycles. The van der Waals surface area contributed by atoms with E-state index in [9.17, 15) is 4.79 Å². The van der Waals surface area contributed by atoms with Crippen LogP contribution in [-0.4, -0.2) is 24.3 Å². The summed E-state index contributed by atoms with van der Waals surface area (Å²) in [6.07, 6.45) is 6.60. The van der Waals surface area contributed by atoms with E-state index < -0.39 is 0 Å². The van der Waals surface area contributed by atoms with E-state index >= 15 is 0 Å². The molecule has 2 aromatic rings. The van der Waals surface area contributed by atoms with E-state index in [1.54, 1.807) is 5.12 Å². The zero-order chi connectivity index (χ0) is 21.1. The number of carbonyl (C=O) groups is 1. The number of nitrogens with one attached hydrogen (secondary N) is 2. The van der Waals surface area contributed by atoms with Gasteiger partial charge in [-0.1, -0.05) is 36.7 Å². The van der Waals surface area contributed by atoms with Crippen LogP contribution in [0.1, 0.15) is 18.1 Å². The average molecular weight is 423 g/mol. The van der Waals surface area contributed by atoms with Crippen molar-refractivity contribution in [1.82, 2.24) is 10.7 Å². The number of rotatable bonds is 6. The SMILES string of the molecule is CCc1ccc(OCC(=O)NC2=C[C@@H]3NN(c4ccc(C)c(Cl)c4)N=C3C=C2)cc1. The molecule has 1 heterocycles. The number of anilines is 1. The van der Waals surface area contributed by atoms with Crippen LogP contribution in [0.2, 0.25) is 5.02 Å². The van der Waals surface area contributed by atoms with Crippen molar-refractivity contribution in [3.05, 3.63) is 82.5 Å². The van der Waals surface area contributed by atoms with E-state index in [0.29, 0.717) is 16.5 Å². The number of benzene rings is 2. The summed E-state index contributed by atoms with van der Waals surface area (Å²) < 4.78 is 5.57. The Kier molecular flexibility index (Phi) is 5.88. The Morgan fingerprint density at radius 2 is 2.03 bits per heavy atom. The summed E-state index contributed by atoms with van der Waals surface area (Å²) >= 11 is 6.23. The summed E-state index contributed by atoms with van der Waals surface area (Å²) in [4.78, 5) is 12.3. The van der Waals surface area contributed by atoms with Crippen molar-refractivity contribution in [3.8, 4) is 5.75 Å². The van der Waals surface area contributed by atoms with Crippen molar-refractivity contribution in [3.63, 3.8) is 0 Å². The molecule has 154 valence electrons. The highest BCUT2D eigenvalue weighted by atomic mass is 35.5. The molecule has 7 heteroatoms. The van der Waals surface area contributed by atoms with Crippen LogP contribution in [0.25, 0.3) is 0 Å². The molecule has 0 unspecified atom stereocenters. The van der Waals surface area contributed by atoms with Crippen LogP contribution in [-0.2, 0) is 11.2 Å². The Hall–Kier alpha value is -3.09. The topological polar surface area (TPSA) is 66.0 Å². The summed E-state index contributed by atoms with van der Waals surface area (Å²) in [6.45, 7) is 4.00. The Balaban J connectivity index is 1.33. The largest absolute Gasteiger partial charge is 0.484 e. The lowest BCUT2D eigenvalue weighted by Crippen LogP contribution is -2.39. The fraction of sp³-hybridized carbons (Fsp3) is 0.217. The number of hydrogen-bond donors (Lipinski definition) is 2. The van der Waals surface area contributed by atoms with Crippen LogP contribution >= 0.6 is 11.6 Å². The summed E-state index contributed by atoms with van der Waals surface area (Å²) in [7, 11) is 0. The van der Waals surface area contributed by atoms with Crippen LogP contribution in [0.3, 0.4) is 0 Å². The molecule has 6 nitrogen and oxygen atoms in total. The van der Waals surface area contributed by atoms with Gasteiger partial charge in [-0.05, 0) is 67.0 Å². The zero-order valence-corrected chi connectivity index (χ0v) is 17.6. The quantitative estimate of drug-likeness (QED) is 0.740. The maximum atomic E-state index is 12.3. The molecule has 0 spiro atoms. The molecule has 0 bridgehead atoms. The molecular weight excluding hydrogens is 400 g/mol. The second-order valence-corrected chi connectivity index (χ2v) is 7.57. The first-order valence-electron chi connectivity index (χ1n) is 9.84. The van der Waals surface area contributed by atoms with E-state index in [1.165, 1.54) is 5.56 Å². The number of allylic oxidation sites excluding steroid dienone is 1. The summed E-state index contributed by atoms with van der Waals surface area (Å²) in [5.74, 6) is 0.459. The standard InChI is InChI=1S/C23H23ClN4O2/c1-3-16-5-9-19(10-6-16)30-14-23(29)25-17-7-11-21-22(12-17)27-28(26-21)18-8-4-15(2)20(24)13-18/h4-13,22,27H,3,14H2,1-2H3,(H,25,29)/t22-/m0/s1. The summed E-state index contributed by atoms with van der Waals surface area (Å²) in [6, 6.07) is 13.4. The third-order valence-electron chi connectivity index (χ3n) is 4.96. The van der Waals surface area contributed by atoms with Gasteiger partial charge in [0.2, 0.25) is 0 Å². The van der Waals surface area contributed by atoms with Crippen LogP contribution in [0.5, 0.6) is 5.75 Å². The first-order chi connectivity index (χ1) is 14.5. The minimum Gasteiger partial charge on any atom is -0.484 e. The molecule has 1 amide bonds. The van der Waals surface area contributed by atoms with Crippen LogP contribution < -0.4 is 20.6 Å². The molecule has 2 N–H and O–H groups in total. The summed E-state index contributed by atoms with van der Waals surface area (Å²) in [5, 5.41) is 9.82. The first kappa shape index (κ1) is 20.2. The number of hydrogen-bond acceptors (Lipinski definition) is 5. The predicted molar refractivity (Wildman–Crippen MR) is 120 cm³/mol. The van der Waals surface area contributed by atoms with Gasteiger partial charge in [0.1, 0.15) is 5.75 Å². The maximum Gasteiger partial charge on any atom is 0.262 e. The van der Waals surface area contributed by atoms with E-state index in [2.05, 4.69) is 22.8 Å². The number of ether oxygens (including phenoxy) is 1. The number of hydrazone groups is 1. The Morgan fingerprint density at radius 3 is 2.77 bits per heavy atom. The van der Waals surface area contributed by atoms with Gasteiger partial charge in [0.15, 0.2) is 6.61 Å². The van der Waals surface area contributed by atoms with Crippen LogP contribution in [0.15, 0.2) is 71.5 Å². The Bertz CT molecular complexity index is 1040. The Morgan fingerprint density at radius 1 is 1.23 bits per heavy atom. The van der Waals surface area contributed by atoms with Gasteiger partial charge in [-0.2, -0.15) is 15.6 Å². The molecule has 0 radical (unpaired) electrons. The lowest BCUT2D eigenvalue weighted by Gasteiger charge is -2.18. The number of amides is 1. The van der Waals surface area contributed by atoms with Crippen molar-refractivity contribution >= 4 is 28.9 Å². The normalized spacial score (nSPS) is 17.3. The number of fused-ring (bicyclic) bond motifs is 1. The maximum absolute atomic E-state index is 12.3. The fourth-order valence-electron chi connectivity index (χ4n) is 3.17. The van der Waals surface area contributed by atoms with E-state index in [4.69, 9.17) is 16.3 Å². The van der Waals surface area contributed by atoms with Gasteiger partial charge in [-0.25, -0.2) is 0 Å². The molecule has 30 heavy (non-hydrogen) atoms. The number of carbonyl (C=O) groups excluding carboxylic acids is 1. The highest BCUT2D eigenvalue weighted by Crippen LogP contribution is 2.25. The highest BCUT2D eigenvalue weighted by Gasteiger charge is 2.26. The minimum absolute atomic E-state index is 0.0519. The molecule has 4 rings (SSSR count). The van der Waals surface area contributed by atoms with Crippen LogP contribution in [0.4, 0.5) is 5.69 Å². The number of halogens is 1. The molecule has 0 saturated carbocycles. The molecule has 0 aromatic heterocycles.